The van der Waals surface area contributed by atoms with E-state index in [1.807, 2.05) is 32.0 Å². The molecule has 0 spiro atoms. The van der Waals surface area contributed by atoms with E-state index in [0.717, 1.165) is 16.8 Å². The standard InChI is InChI=1S/C16H17N3O2S/c1-10-3-4-11(2)14(9-10)17-16(22)19-18-13-7-5-12(6-8-13)15(20)21/h3-9,18H,1-2H3,(H,20,21)(H2,17,19,22)/p-1. The van der Waals surface area contributed by atoms with Gasteiger partial charge in [-0.05, 0) is 61.0 Å². The third kappa shape index (κ3) is 4.20. The van der Waals surface area contributed by atoms with Gasteiger partial charge in [0.2, 0.25) is 0 Å². The van der Waals surface area contributed by atoms with Gasteiger partial charge in [-0.1, -0.05) is 24.3 Å². The van der Waals surface area contributed by atoms with Crippen molar-refractivity contribution >= 4 is 34.7 Å². The van der Waals surface area contributed by atoms with Crippen LogP contribution in [0.3, 0.4) is 0 Å². The zero-order chi connectivity index (χ0) is 16.1. The molecule has 0 aliphatic heterocycles. The number of nitrogens with one attached hydrogen (secondary N) is 3. The van der Waals surface area contributed by atoms with Gasteiger partial charge < -0.3 is 15.2 Å². The minimum Gasteiger partial charge on any atom is -0.545 e. The van der Waals surface area contributed by atoms with Gasteiger partial charge in [0.25, 0.3) is 0 Å². The third-order valence-electron chi connectivity index (χ3n) is 3.08. The number of hydrazine groups is 1. The number of carbonyl (C=O) groups is 1. The Kier molecular flexibility index (Phi) is 4.95. The third-order valence-corrected chi connectivity index (χ3v) is 3.29. The maximum atomic E-state index is 10.7. The molecule has 0 amide bonds. The molecule has 0 saturated heterocycles. The summed E-state index contributed by atoms with van der Waals surface area (Å²) in [5.41, 5.74) is 9.73. The number of carboxylic acid groups (broad SMARTS) is 1. The first-order valence-electron chi connectivity index (χ1n) is 6.67. The molecule has 0 aliphatic carbocycles. The molecule has 5 nitrogen and oxygen atoms in total. The number of benzene rings is 2. The first kappa shape index (κ1) is 15.8. The van der Waals surface area contributed by atoms with Crippen molar-refractivity contribution in [2.24, 2.45) is 0 Å². The van der Waals surface area contributed by atoms with Gasteiger partial charge >= 0.3 is 0 Å². The van der Waals surface area contributed by atoms with E-state index in [4.69, 9.17) is 12.2 Å². The molecular formula is C16H16N3O2S-. The lowest BCUT2D eigenvalue weighted by atomic mass is 10.1. The highest BCUT2D eigenvalue weighted by Crippen LogP contribution is 2.16. The Morgan fingerprint density at radius 1 is 1.09 bits per heavy atom. The first-order valence-corrected chi connectivity index (χ1v) is 7.08. The maximum absolute atomic E-state index is 10.7. The molecule has 0 radical (unpaired) electrons. The molecule has 2 aromatic rings. The summed E-state index contributed by atoms with van der Waals surface area (Å²) in [4.78, 5) is 10.7. The summed E-state index contributed by atoms with van der Waals surface area (Å²) in [6.45, 7) is 4.01. The van der Waals surface area contributed by atoms with E-state index in [-0.39, 0.29) is 5.56 Å². The number of carboxylic acids is 1. The summed E-state index contributed by atoms with van der Waals surface area (Å²) >= 11 is 5.22. The van der Waals surface area contributed by atoms with Crippen molar-refractivity contribution in [3.63, 3.8) is 0 Å². The second kappa shape index (κ2) is 6.91. The molecule has 2 aromatic carbocycles. The van der Waals surface area contributed by atoms with E-state index < -0.39 is 5.97 Å². The Morgan fingerprint density at radius 3 is 2.41 bits per heavy atom. The molecule has 2 rings (SSSR count). The van der Waals surface area contributed by atoms with Crippen molar-refractivity contribution in [3.8, 4) is 0 Å². The fraction of sp³-hybridized carbons (Fsp3) is 0.125. The van der Waals surface area contributed by atoms with Gasteiger partial charge in [-0.15, -0.1) is 0 Å². The van der Waals surface area contributed by atoms with E-state index in [0.29, 0.717) is 10.8 Å². The quantitative estimate of drug-likeness (QED) is 0.592. The van der Waals surface area contributed by atoms with Gasteiger partial charge in [0.05, 0.1) is 11.7 Å². The van der Waals surface area contributed by atoms with E-state index in [2.05, 4.69) is 16.2 Å². The molecule has 0 unspecified atom stereocenters. The van der Waals surface area contributed by atoms with Crippen molar-refractivity contribution in [2.45, 2.75) is 13.8 Å². The van der Waals surface area contributed by atoms with Crippen molar-refractivity contribution in [2.75, 3.05) is 10.7 Å². The zero-order valence-electron chi connectivity index (χ0n) is 12.3. The van der Waals surface area contributed by atoms with Crippen LogP contribution in [0, 0.1) is 13.8 Å². The SMILES string of the molecule is Cc1ccc(C)c(NC(=S)NNc2ccc(C(=O)[O-])cc2)c1. The summed E-state index contributed by atoms with van der Waals surface area (Å²) in [5, 5.41) is 14.2. The lowest BCUT2D eigenvalue weighted by Crippen LogP contribution is -2.33. The lowest BCUT2D eigenvalue weighted by molar-refractivity contribution is -0.255. The molecule has 0 aromatic heterocycles. The van der Waals surface area contributed by atoms with Crippen LogP contribution in [0.5, 0.6) is 0 Å². The monoisotopic (exact) mass is 314 g/mol. The second-order valence-electron chi connectivity index (χ2n) is 4.89. The minimum absolute atomic E-state index is 0.127. The summed E-state index contributed by atoms with van der Waals surface area (Å²) in [7, 11) is 0. The number of anilines is 2. The predicted molar refractivity (Wildman–Crippen MR) is 89.7 cm³/mol. The summed E-state index contributed by atoms with van der Waals surface area (Å²) in [5.74, 6) is -1.20. The Bertz CT molecular complexity index is 699. The predicted octanol–water partition coefficient (Wildman–Crippen LogP) is 1.98. The maximum Gasteiger partial charge on any atom is 0.189 e. The molecule has 6 heteroatoms. The topological polar surface area (TPSA) is 76.2 Å². The van der Waals surface area contributed by atoms with Gasteiger partial charge in [-0.3, -0.25) is 10.9 Å². The molecule has 0 heterocycles. The van der Waals surface area contributed by atoms with Gasteiger partial charge in [0, 0.05) is 5.69 Å². The molecule has 0 fully saturated rings. The van der Waals surface area contributed by atoms with Gasteiger partial charge in [-0.2, -0.15) is 0 Å². The van der Waals surface area contributed by atoms with Crippen LogP contribution in [0.1, 0.15) is 21.5 Å². The average molecular weight is 314 g/mol. The Hall–Kier alpha value is -2.60. The van der Waals surface area contributed by atoms with E-state index in [9.17, 15) is 9.90 Å². The van der Waals surface area contributed by atoms with Gasteiger partial charge in [0.15, 0.2) is 5.11 Å². The average Bonchev–Trinajstić information content (AvgIpc) is 2.49. The number of carbonyl (C=O) groups excluding carboxylic acids is 1. The molecule has 22 heavy (non-hydrogen) atoms. The fourth-order valence-electron chi connectivity index (χ4n) is 1.84. The van der Waals surface area contributed by atoms with Crippen LogP contribution in [0.2, 0.25) is 0 Å². The van der Waals surface area contributed by atoms with Gasteiger partial charge in [0.1, 0.15) is 0 Å². The first-order chi connectivity index (χ1) is 10.5. The number of thiocarbonyl (C=S) groups is 1. The largest absolute Gasteiger partial charge is 0.545 e. The number of hydrogen-bond acceptors (Lipinski definition) is 4. The molecule has 0 bridgehead atoms. The molecule has 3 N–H and O–H groups in total. The highest BCUT2D eigenvalue weighted by Gasteiger charge is 2.01. The lowest BCUT2D eigenvalue weighted by Gasteiger charge is -2.14. The smallest absolute Gasteiger partial charge is 0.189 e. The summed E-state index contributed by atoms with van der Waals surface area (Å²) in [6.07, 6.45) is 0. The van der Waals surface area contributed by atoms with E-state index >= 15 is 0 Å². The summed E-state index contributed by atoms with van der Waals surface area (Å²) in [6, 6.07) is 12.2. The highest BCUT2D eigenvalue weighted by atomic mass is 32.1. The molecule has 0 aliphatic rings. The van der Waals surface area contributed by atoms with Crippen LogP contribution in [0.25, 0.3) is 0 Å². The number of hydrogen-bond donors (Lipinski definition) is 3. The number of aryl methyl sites for hydroxylation is 2. The highest BCUT2D eigenvalue weighted by molar-refractivity contribution is 7.80. The molecule has 114 valence electrons. The van der Waals surface area contributed by atoms with Crippen molar-refractivity contribution in [1.29, 1.82) is 0 Å². The van der Waals surface area contributed by atoms with E-state index in [1.54, 1.807) is 12.1 Å². The van der Waals surface area contributed by atoms with Crippen LogP contribution in [-0.2, 0) is 0 Å². The zero-order valence-corrected chi connectivity index (χ0v) is 13.1. The Labute approximate surface area is 134 Å². The van der Waals surface area contributed by atoms with Crippen molar-refractivity contribution in [3.05, 3.63) is 59.2 Å². The van der Waals surface area contributed by atoms with Crippen LogP contribution in [0.4, 0.5) is 11.4 Å². The summed E-state index contributed by atoms with van der Waals surface area (Å²) < 4.78 is 0. The van der Waals surface area contributed by atoms with Crippen LogP contribution < -0.4 is 21.3 Å². The van der Waals surface area contributed by atoms with Crippen LogP contribution in [0.15, 0.2) is 42.5 Å². The molecular weight excluding hydrogens is 298 g/mol. The number of aromatic carboxylic acids is 1. The molecule has 0 saturated carbocycles. The normalized spacial score (nSPS) is 9.91. The fourth-order valence-corrected chi connectivity index (χ4v) is 2.00. The second-order valence-corrected chi connectivity index (χ2v) is 5.30. The van der Waals surface area contributed by atoms with Gasteiger partial charge in [-0.25, -0.2) is 0 Å². The van der Waals surface area contributed by atoms with Crippen molar-refractivity contribution < 1.29 is 9.90 Å². The van der Waals surface area contributed by atoms with Crippen LogP contribution in [-0.4, -0.2) is 11.1 Å². The van der Waals surface area contributed by atoms with E-state index in [1.165, 1.54) is 12.1 Å². The van der Waals surface area contributed by atoms with Crippen molar-refractivity contribution in [1.82, 2.24) is 5.43 Å². The number of rotatable bonds is 4. The Balaban J connectivity index is 1.92. The van der Waals surface area contributed by atoms with Crippen LogP contribution >= 0.6 is 12.2 Å². The minimum atomic E-state index is -1.20. The molecule has 0 atom stereocenters. The Morgan fingerprint density at radius 2 is 1.77 bits per heavy atom.